The van der Waals surface area contributed by atoms with Crippen molar-refractivity contribution in [3.63, 3.8) is 0 Å². The minimum atomic E-state index is -0.103. The van der Waals surface area contributed by atoms with Crippen LogP contribution in [0.4, 0.5) is 5.69 Å². The Hall–Kier alpha value is -2.66. The predicted molar refractivity (Wildman–Crippen MR) is 102 cm³/mol. The van der Waals surface area contributed by atoms with Gasteiger partial charge in [0.15, 0.2) is 0 Å². The highest BCUT2D eigenvalue weighted by Crippen LogP contribution is 2.20. The number of carbonyl (C=O) groups is 2. The van der Waals surface area contributed by atoms with Crippen molar-refractivity contribution in [3.8, 4) is 0 Å². The summed E-state index contributed by atoms with van der Waals surface area (Å²) in [6.45, 7) is 3.69. The van der Waals surface area contributed by atoms with Crippen molar-refractivity contribution < 1.29 is 9.59 Å². The monoisotopic (exact) mass is 351 g/mol. The zero-order valence-electron chi connectivity index (χ0n) is 15.1. The number of nitrogens with zero attached hydrogens (tertiary/aromatic N) is 1. The Labute approximate surface area is 154 Å². The second-order valence-corrected chi connectivity index (χ2v) is 6.71. The molecular weight excluding hydrogens is 326 g/mol. The molecule has 0 aliphatic carbocycles. The summed E-state index contributed by atoms with van der Waals surface area (Å²) in [5, 5.41) is 5.81. The maximum absolute atomic E-state index is 12.7. The molecule has 1 atom stereocenters. The second-order valence-electron chi connectivity index (χ2n) is 6.71. The smallest absolute Gasteiger partial charge is 0.237 e. The Morgan fingerprint density at radius 1 is 1.08 bits per heavy atom. The SMILES string of the molecule is CC(=O)Nc1cccc(CNC(=O)C2CCCN2Cc2ccccc2)c1. The van der Waals surface area contributed by atoms with Crippen LogP contribution in [-0.4, -0.2) is 29.3 Å². The van der Waals surface area contributed by atoms with E-state index in [0.717, 1.165) is 37.2 Å². The van der Waals surface area contributed by atoms with Gasteiger partial charge in [-0.05, 0) is 42.6 Å². The minimum Gasteiger partial charge on any atom is -0.351 e. The van der Waals surface area contributed by atoms with Gasteiger partial charge in [-0.1, -0.05) is 42.5 Å². The number of rotatable bonds is 6. The minimum absolute atomic E-state index is 0.0726. The van der Waals surface area contributed by atoms with Crippen molar-refractivity contribution in [2.24, 2.45) is 0 Å². The molecule has 1 unspecified atom stereocenters. The van der Waals surface area contributed by atoms with E-state index in [1.807, 2.05) is 42.5 Å². The molecule has 1 saturated heterocycles. The van der Waals surface area contributed by atoms with E-state index < -0.39 is 0 Å². The summed E-state index contributed by atoms with van der Waals surface area (Å²) in [5.74, 6) is -0.0305. The van der Waals surface area contributed by atoms with Gasteiger partial charge in [0.25, 0.3) is 0 Å². The molecule has 0 saturated carbocycles. The Bertz CT molecular complexity index is 761. The maximum atomic E-state index is 12.7. The first-order valence-corrected chi connectivity index (χ1v) is 9.04. The van der Waals surface area contributed by atoms with Crippen molar-refractivity contribution in [1.29, 1.82) is 0 Å². The van der Waals surface area contributed by atoms with E-state index in [1.54, 1.807) is 0 Å². The van der Waals surface area contributed by atoms with E-state index in [4.69, 9.17) is 0 Å². The summed E-state index contributed by atoms with van der Waals surface area (Å²) in [4.78, 5) is 26.1. The molecule has 1 heterocycles. The number of amides is 2. The van der Waals surface area contributed by atoms with Gasteiger partial charge in [-0.2, -0.15) is 0 Å². The van der Waals surface area contributed by atoms with Crippen LogP contribution in [0.2, 0.25) is 0 Å². The summed E-state index contributed by atoms with van der Waals surface area (Å²) in [5.41, 5.74) is 2.95. The summed E-state index contributed by atoms with van der Waals surface area (Å²) in [6, 6.07) is 17.7. The van der Waals surface area contributed by atoms with Crippen LogP contribution in [0.3, 0.4) is 0 Å². The first-order chi connectivity index (χ1) is 12.6. The molecule has 2 aromatic rings. The Balaban J connectivity index is 1.56. The van der Waals surface area contributed by atoms with E-state index >= 15 is 0 Å². The normalized spacial score (nSPS) is 17.0. The summed E-state index contributed by atoms with van der Waals surface area (Å²) in [7, 11) is 0. The molecule has 26 heavy (non-hydrogen) atoms. The molecule has 0 spiro atoms. The van der Waals surface area contributed by atoms with Gasteiger partial charge in [0, 0.05) is 25.7 Å². The largest absolute Gasteiger partial charge is 0.351 e. The van der Waals surface area contributed by atoms with Crippen LogP contribution in [0, 0.1) is 0 Å². The average molecular weight is 351 g/mol. The quantitative estimate of drug-likeness (QED) is 0.841. The van der Waals surface area contributed by atoms with Crippen LogP contribution in [0.15, 0.2) is 54.6 Å². The number of carbonyl (C=O) groups excluding carboxylic acids is 2. The molecule has 0 aromatic heterocycles. The molecule has 5 nitrogen and oxygen atoms in total. The van der Waals surface area contributed by atoms with Gasteiger partial charge in [-0.25, -0.2) is 0 Å². The highest BCUT2D eigenvalue weighted by molar-refractivity contribution is 5.88. The fourth-order valence-corrected chi connectivity index (χ4v) is 3.40. The topological polar surface area (TPSA) is 61.4 Å². The fourth-order valence-electron chi connectivity index (χ4n) is 3.40. The van der Waals surface area contributed by atoms with Crippen LogP contribution >= 0.6 is 0 Å². The molecule has 3 rings (SSSR count). The number of nitrogens with one attached hydrogen (secondary N) is 2. The molecule has 136 valence electrons. The van der Waals surface area contributed by atoms with E-state index in [9.17, 15) is 9.59 Å². The van der Waals surface area contributed by atoms with Crippen LogP contribution in [-0.2, 0) is 22.7 Å². The van der Waals surface area contributed by atoms with Gasteiger partial charge in [-0.3, -0.25) is 14.5 Å². The Morgan fingerprint density at radius 2 is 1.85 bits per heavy atom. The van der Waals surface area contributed by atoms with Crippen molar-refractivity contribution >= 4 is 17.5 Å². The molecule has 1 fully saturated rings. The van der Waals surface area contributed by atoms with Gasteiger partial charge >= 0.3 is 0 Å². The standard InChI is InChI=1S/C21H25N3O2/c1-16(25)23-19-10-5-9-18(13-19)14-22-21(26)20-11-6-12-24(20)15-17-7-3-2-4-8-17/h2-5,7-10,13,20H,6,11-12,14-15H2,1H3,(H,22,26)(H,23,25). The number of likely N-dealkylation sites (tertiary alicyclic amines) is 1. The zero-order valence-corrected chi connectivity index (χ0v) is 15.1. The van der Waals surface area contributed by atoms with Gasteiger partial charge < -0.3 is 10.6 Å². The van der Waals surface area contributed by atoms with Crippen LogP contribution in [0.1, 0.15) is 30.9 Å². The summed E-state index contributed by atoms with van der Waals surface area (Å²) in [6.07, 6.45) is 1.94. The average Bonchev–Trinajstić information content (AvgIpc) is 3.08. The summed E-state index contributed by atoms with van der Waals surface area (Å²) < 4.78 is 0. The van der Waals surface area contributed by atoms with Crippen molar-refractivity contribution in [1.82, 2.24) is 10.2 Å². The van der Waals surface area contributed by atoms with E-state index in [0.29, 0.717) is 6.54 Å². The molecule has 2 aromatic carbocycles. The lowest BCUT2D eigenvalue weighted by Gasteiger charge is -2.23. The van der Waals surface area contributed by atoms with E-state index in [1.165, 1.54) is 12.5 Å². The molecule has 0 radical (unpaired) electrons. The molecular formula is C21H25N3O2. The number of benzene rings is 2. The lowest BCUT2D eigenvalue weighted by atomic mass is 10.1. The first-order valence-electron chi connectivity index (χ1n) is 9.04. The molecule has 1 aliphatic rings. The van der Waals surface area contributed by atoms with Gasteiger partial charge in [0.1, 0.15) is 0 Å². The molecule has 2 N–H and O–H groups in total. The maximum Gasteiger partial charge on any atom is 0.237 e. The Morgan fingerprint density at radius 3 is 2.62 bits per heavy atom. The van der Waals surface area contributed by atoms with Crippen molar-refractivity contribution in [2.75, 3.05) is 11.9 Å². The third-order valence-corrected chi connectivity index (χ3v) is 4.61. The third-order valence-electron chi connectivity index (χ3n) is 4.61. The molecule has 5 heteroatoms. The van der Waals surface area contributed by atoms with Crippen LogP contribution < -0.4 is 10.6 Å². The molecule has 0 bridgehead atoms. The van der Waals surface area contributed by atoms with Gasteiger partial charge in [-0.15, -0.1) is 0 Å². The van der Waals surface area contributed by atoms with Gasteiger partial charge in [0.05, 0.1) is 6.04 Å². The zero-order chi connectivity index (χ0) is 18.4. The lowest BCUT2D eigenvalue weighted by Crippen LogP contribution is -2.42. The lowest BCUT2D eigenvalue weighted by molar-refractivity contribution is -0.125. The highest BCUT2D eigenvalue weighted by atomic mass is 16.2. The highest BCUT2D eigenvalue weighted by Gasteiger charge is 2.30. The second kappa shape index (κ2) is 8.63. The van der Waals surface area contributed by atoms with E-state index in [-0.39, 0.29) is 17.9 Å². The van der Waals surface area contributed by atoms with Crippen molar-refractivity contribution in [3.05, 3.63) is 65.7 Å². The molecule has 1 aliphatic heterocycles. The third kappa shape index (κ3) is 4.92. The van der Waals surface area contributed by atoms with Crippen LogP contribution in [0.25, 0.3) is 0 Å². The van der Waals surface area contributed by atoms with E-state index in [2.05, 4.69) is 27.7 Å². The van der Waals surface area contributed by atoms with Crippen LogP contribution in [0.5, 0.6) is 0 Å². The first kappa shape index (κ1) is 18.1. The number of anilines is 1. The van der Waals surface area contributed by atoms with Gasteiger partial charge in [0.2, 0.25) is 11.8 Å². The number of hydrogen-bond acceptors (Lipinski definition) is 3. The predicted octanol–water partition coefficient (Wildman–Crippen LogP) is 2.93. The number of hydrogen-bond donors (Lipinski definition) is 2. The summed E-state index contributed by atoms with van der Waals surface area (Å²) >= 11 is 0. The molecule has 2 amide bonds. The fraction of sp³-hybridized carbons (Fsp3) is 0.333. The van der Waals surface area contributed by atoms with Crippen molar-refractivity contribution in [2.45, 2.75) is 38.9 Å². The Kier molecular flexibility index (Phi) is 6.02.